The molecule has 4 heterocycles. The number of carbonyl (C=O) groups is 1. The van der Waals surface area contributed by atoms with Gasteiger partial charge in [0.15, 0.2) is 0 Å². The van der Waals surface area contributed by atoms with Crippen LogP contribution < -0.4 is 10.6 Å². The molecule has 1 aromatic heterocycles. The molecule has 3 aliphatic heterocycles. The van der Waals surface area contributed by atoms with E-state index in [4.69, 9.17) is 10.5 Å². The van der Waals surface area contributed by atoms with Crippen molar-refractivity contribution in [3.63, 3.8) is 0 Å². The van der Waals surface area contributed by atoms with Gasteiger partial charge in [-0.25, -0.2) is 9.78 Å². The quantitative estimate of drug-likeness (QED) is 0.642. The van der Waals surface area contributed by atoms with Crippen molar-refractivity contribution >= 4 is 23.4 Å². The molecule has 0 radical (unpaired) electrons. The number of aromatic nitrogens is 1. The molecule has 4 rings (SSSR count). The minimum atomic E-state index is -0.543. The van der Waals surface area contributed by atoms with Crippen LogP contribution in [0.25, 0.3) is 0 Å². The van der Waals surface area contributed by atoms with Gasteiger partial charge < -0.3 is 20.3 Å². The molecule has 136 valence electrons. The molecular formula is C16H23N5O4. The van der Waals surface area contributed by atoms with Crippen molar-refractivity contribution in [2.75, 3.05) is 23.7 Å². The number of rotatable bonds is 2. The fraction of sp³-hybridized carbons (Fsp3) is 0.625. The lowest BCUT2D eigenvalue weighted by Gasteiger charge is -2.51. The average molecular weight is 349 g/mol. The maximum atomic E-state index is 12.4. The summed E-state index contributed by atoms with van der Waals surface area (Å²) in [4.78, 5) is 30.8. The second-order valence-electron chi connectivity index (χ2n) is 7.50. The van der Waals surface area contributed by atoms with Gasteiger partial charge in [-0.1, -0.05) is 0 Å². The number of nitro groups is 1. The zero-order valence-electron chi connectivity index (χ0n) is 14.6. The molecule has 1 unspecified atom stereocenters. The van der Waals surface area contributed by atoms with Gasteiger partial charge in [0.25, 0.3) is 0 Å². The van der Waals surface area contributed by atoms with E-state index in [1.54, 1.807) is 11.0 Å². The third-order valence-electron chi connectivity index (χ3n) is 4.54. The van der Waals surface area contributed by atoms with Crippen LogP contribution in [-0.4, -0.2) is 51.7 Å². The minimum absolute atomic E-state index is 0.0399. The summed E-state index contributed by atoms with van der Waals surface area (Å²) in [6.07, 6.45) is 1.55. The Bertz CT molecular complexity index is 702. The highest BCUT2D eigenvalue weighted by molar-refractivity contribution is 5.70. The average Bonchev–Trinajstić information content (AvgIpc) is 2.53. The van der Waals surface area contributed by atoms with E-state index in [9.17, 15) is 14.9 Å². The normalized spacial score (nSPS) is 22.8. The Kier molecular flexibility index (Phi) is 4.18. The molecule has 1 amide bonds. The zero-order chi connectivity index (χ0) is 18.4. The van der Waals surface area contributed by atoms with Gasteiger partial charge in [-0.15, -0.1) is 0 Å². The second-order valence-corrected chi connectivity index (χ2v) is 7.50. The summed E-state index contributed by atoms with van der Waals surface area (Å²) in [6.45, 7) is 6.72. The molecule has 0 saturated carbocycles. The highest BCUT2D eigenvalue weighted by atomic mass is 16.6. The van der Waals surface area contributed by atoms with Crippen molar-refractivity contribution in [2.45, 2.75) is 51.3 Å². The summed E-state index contributed by atoms with van der Waals surface area (Å²) < 4.78 is 5.49. The van der Waals surface area contributed by atoms with Crippen molar-refractivity contribution in [3.05, 3.63) is 22.2 Å². The van der Waals surface area contributed by atoms with Crippen LogP contribution >= 0.6 is 0 Å². The number of ether oxygens (including phenoxy) is 1. The molecule has 0 aromatic carbocycles. The number of anilines is 2. The minimum Gasteiger partial charge on any atom is -0.444 e. The number of nitrogens with zero attached hydrogens (tertiary/aromatic N) is 4. The van der Waals surface area contributed by atoms with E-state index < -0.39 is 10.5 Å². The number of hydrogen-bond acceptors (Lipinski definition) is 7. The SMILES string of the molecule is CC(C)(C)OC(=O)N1CC2CC[C@H]1CN2c1ccc([N+](=O)[O-])c(N)n1. The first-order valence-corrected chi connectivity index (χ1v) is 8.33. The van der Waals surface area contributed by atoms with E-state index in [0.29, 0.717) is 18.9 Å². The molecule has 3 fully saturated rings. The Morgan fingerprint density at radius 3 is 2.52 bits per heavy atom. The summed E-state index contributed by atoms with van der Waals surface area (Å²) in [6, 6.07) is 3.14. The van der Waals surface area contributed by atoms with Gasteiger partial charge in [0.05, 0.1) is 11.0 Å². The Balaban J connectivity index is 1.75. The van der Waals surface area contributed by atoms with Crippen molar-refractivity contribution in [3.8, 4) is 0 Å². The molecular weight excluding hydrogens is 326 g/mol. The summed E-state index contributed by atoms with van der Waals surface area (Å²) in [5.41, 5.74) is 4.99. The van der Waals surface area contributed by atoms with Crippen LogP contribution in [0.5, 0.6) is 0 Å². The number of carbonyl (C=O) groups excluding carboxylic acids is 1. The molecule has 1 aromatic rings. The number of pyridine rings is 1. The van der Waals surface area contributed by atoms with Crippen LogP contribution in [0.4, 0.5) is 22.1 Å². The van der Waals surface area contributed by atoms with Crippen LogP contribution in [0.3, 0.4) is 0 Å². The Morgan fingerprint density at radius 2 is 2.00 bits per heavy atom. The Labute approximate surface area is 145 Å². The number of fused-ring (bicyclic) bond motifs is 3. The molecule has 0 spiro atoms. The van der Waals surface area contributed by atoms with Gasteiger partial charge in [0, 0.05) is 25.2 Å². The number of nitrogen functional groups attached to an aromatic ring is 1. The highest BCUT2D eigenvalue weighted by Crippen LogP contribution is 2.34. The van der Waals surface area contributed by atoms with E-state index in [2.05, 4.69) is 9.88 Å². The lowest BCUT2D eigenvalue weighted by atomic mass is 9.91. The fourth-order valence-electron chi connectivity index (χ4n) is 3.42. The van der Waals surface area contributed by atoms with Crippen LogP contribution in [0.1, 0.15) is 33.6 Å². The zero-order valence-corrected chi connectivity index (χ0v) is 14.6. The maximum Gasteiger partial charge on any atom is 0.410 e. The predicted molar refractivity (Wildman–Crippen MR) is 92.4 cm³/mol. The first kappa shape index (κ1) is 17.2. The van der Waals surface area contributed by atoms with Gasteiger partial charge in [0.2, 0.25) is 5.82 Å². The van der Waals surface area contributed by atoms with Crippen LogP contribution in [0.2, 0.25) is 0 Å². The number of piperazine rings is 1. The second kappa shape index (κ2) is 6.05. The van der Waals surface area contributed by atoms with E-state index in [1.165, 1.54) is 6.07 Å². The largest absolute Gasteiger partial charge is 0.444 e. The fourth-order valence-corrected chi connectivity index (χ4v) is 3.42. The monoisotopic (exact) mass is 349 g/mol. The molecule has 9 nitrogen and oxygen atoms in total. The molecule has 9 heteroatoms. The lowest BCUT2D eigenvalue weighted by Crippen LogP contribution is -2.64. The number of amides is 1. The van der Waals surface area contributed by atoms with E-state index in [1.807, 2.05) is 20.8 Å². The van der Waals surface area contributed by atoms with Crippen LogP contribution in [0, 0.1) is 10.1 Å². The highest BCUT2D eigenvalue weighted by Gasteiger charge is 2.43. The molecule has 25 heavy (non-hydrogen) atoms. The first-order chi connectivity index (χ1) is 11.7. The van der Waals surface area contributed by atoms with Crippen molar-refractivity contribution in [2.24, 2.45) is 0 Å². The van der Waals surface area contributed by atoms with Gasteiger partial charge >= 0.3 is 11.8 Å². The maximum absolute atomic E-state index is 12.4. The summed E-state index contributed by atoms with van der Waals surface area (Å²) in [7, 11) is 0. The standard InChI is InChI=1S/C16H23N5O4/c1-16(2,3)25-15(22)20-9-10-4-5-11(20)8-19(10)13-7-6-12(21(23)24)14(17)18-13/h6-7,10-11H,4-5,8-9H2,1-3H3,(H2,17,18)/t10?,11-/m0/s1. The number of nitrogens with two attached hydrogens (primary N) is 1. The van der Waals surface area contributed by atoms with Crippen molar-refractivity contribution in [1.29, 1.82) is 0 Å². The topological polar surface area (TPSA) is 115 Å². The molecule has 2 atom stereocenters. The van der Waals surface area contributed by atoms with Gasteiger partial charge in [-0.3, -0.25) is 10.1 Å². The third-order valence-corrected chi connectivity index (χ3v) is 4.54. The molecule has 2 N–H and O–H groups in total. The number of piperidine rings is 2. The lowest BCUT2D eigenvalue weighted by molar-refractivity contribution is -0.384. The molecule has 2 bridgehead atoms. The first-order valence-electron chi connectivity index (χ1n) is 8.33. The Hall–Kier alpha value is -2.58. The molecule has 3 aliphatic rings. The van der Waals surface area contributed by atoms with Gasteiger partial charge in [0.1, 0.15) is 11.4 Å². The summed E-state index contributed by atoms with van der Waals surface area (Å²) in [5.74, 6) is 0.523. The van der Waals surface area contributed by atoms with E-state index >= 15 is 0 Å². The summed E-state index contributed by atoms with van der Waals surface area (Å²) in [5, 5.41) is 10.9. The van der Waals surface area contributed by atoms with Crippen LogP contribution in [-0.2, 0) is 4.74 Å². The summed E-state index contributed by atoms with van der Waals surface area (Å²) >= 11 is 0. The van der Waals surface area contributed by atoms with E-state index in [-0.39, 0.29) is 29.7 Å². The van der Waals surface area contributed by atoms with Crippen molar-refractivity contribution < 1.29 is 14.5 Å². The molecule has 0 aliphatic carbocycles. The number of hydrogen-bond donors (Lipinski definition) is 1. The van der Waals surface area contributed by atoms with Gasteiger partial charge in [-0.2, -0.15) is 0 Å². The smallest absolute Gasteiger partial charge is 0.410 e. The molecule has 3 saturated heterocycles. The van der Waals surface area contributed by atoms with Gasteiger partial charge in [-0.05, 0) is 39.7 Å². The Morgan fingerprint density at radius 1 is 1.32 bits per heavy atom. The van der Waals surface area contributed by atoms with Crippen LogP contribution in [0.15, 0.2) is 12.1 Å². The van der Waals surface area contributed by atoms with Crippen molar-refractivity contribution in [1.82, 2.24) is 9.88 Å². The third kappa shape index (κ3) is 3.45. The predicted octanol–water partition coefficient (Wildman–Crippen LogP) is 2.16. The van der Waals surface area contributed by atoms with E-state index in [0.717, 1.165) is 12.8 Å².